The Kier molecular flexibility index (Phi) is 3.52. The largest absolute Gasteiger partial charge is 0.383 e. The van der Waals surface area contributed by atoms with Gasteiger partial charge in [0.15, 0.2) is 0 Å². The van der Waals surface area contributed by atoms with Crippen LogP contribution in [0.1, 0.15) is 17.2 Å². The first-order chi connectivity index (χ1) is 8.09. The second-order valence-electron chi connectivity index (χ2n) is 3.55. The van der Waals surface area contributed by atoms with Crippen molar-refractivity contribution in [3.8, 4) is 0 Å². The molecule has 5 heteroatoms. The zero-order valence-electron chi connectivity index (χ0n) is 8.77. The second-order valence-corrected chi connectivity index (χ2v) is 4.39. The molecule has 1 heterocycles. The fourth-order valence-corrected chi connectivity index (χ4v) is 1.95. The number of nitrogens with zero attached hydrogens (tertiary/aromatic N) is 1. The van der Waals surface area contributed by atoms with Crippen LogP contribution in [0.4, 0.5) is 5.82 Å². The minimum atomic E-state index is -0.935. The van der Waals surface area contributed by atoms with E-state index in [4.69, 9.17) is 28.9 Å². The van der Waals surface area contributed by atoms with E-state index in [2.05, 4.69) is 4.98 Å². The molecule has 17 heavy (non-hydrogen) atoms. The number of nitrogen functional groups attached to an aromatic ring is 1. The Morgan fingerprint density at radius 1 is 1.18 bits per heavy atom. The molecular formula is C12H10Cl2N2O. The van der Waals surface area contributed by atoms with Crippen molar-refractivity contribution in [2.24, 2.45) is 0 Å². The monoisotopic (exact) mass is 268 g/mol. The van der Waals surface area contributed by atoms with Gasteiger partial charge in [-0.1, -0.05) is 29.3 Å². The summed E-state index contributed by atoms with van der Waals surface area (Å²) in [6, 6.07) is 8.31. The van der Waals surface area contributed by atoms with Crippen LogP contribution in [-0.4, -0.2) is 10.1 Å². The maximum Gasteiger partial charge on any atom is 0.129 e. The smallest absolute Gasteiger partial charge is 0.129 e. The Bertz CT molecular complexity index is 546. The molecule has 0 radical (unpaired) electrons. The highest BCUT2D eigenvalue weighted by atomic mass is 35.5. The van der Waals surface area contributed by atoms with Gasteiger partial charge in [0.05, 0.1) is 0 Å². The number of aliphatic hydroxyl groups is 1. The first-order valence-electron chi connectivity index (χ1n) is 4.93. The van der Waals surface area contributed by atoms with Crippen molar-refractivity contribution >= 4 is 29.0 Å². The van der Waals surface area contributed by atoms with Gasteiger partial charge in [-0.25, -0.2) is 4.98 Å². The van der Waals surface area contributed by atoms with Gasteiger partial charge < -0.3 is 10.8 Å². The van der Waals surface area contributed by atoms with Crippen molar-refractivity contribution < 1.29 is 5.11 Å². The minimum Gasteiger partial charge on any atom is -0.383 e. The SMILES string of the molecule is Nc1ncccc1C(O)c1cc(Cl)ccc1Cl. The van der Waals surface area contributed by atoms with Crippen LogP contribution in [0.5, 0.6) is 0 Å². The zero-order chi connectivity index (χ0) is 12.4. The molecule has 88 valence electrons. The number of nitrogens with two attached hydrogens (primary N) is 1. The predicted molar refractivity (Wildman–Crippen MR) is 69.2 cm³/mol. The molecule has 3 N–H and O–H groups in total. The third-order valence-corrected chi connectivity index (χ3v) is 3.00. The lowest BCUT2D eigenvalue weighted by Crippen LogP contribution is -2.05. The lowest BCUT2D eigenvalue weighted by atomic mass is 10.0. The van der Waals surface area contributed by atoms with Crippen LogP contribution >= 0.6 is 23.2 Å². The standard InChI is InChI=1S/C12H10Cl2N2O/c13-7-3-4-10(14)9(6-7)11(17)8-2-1-5-16-12(8)15/h1-6,11,17H,(H2,15,16). The molecule has 0 amide bonds. The average Bonchev–Trinajstić information content (AvgIpc) is 2.32. The van der Waals surface area contributed by atoms with Crippen molar-refractivity contribution in [2.45, 2.75) is 6.10 Å². The highest BCUT2D eigenvalue weighted by Gasteiger charge is 2.17. The third kappa shape index (κ3) is 2.52. The van der Waals surface area contributed by atoms with Crippen LogP contribution in [0.25, 0.3) is 0 Å². The molecule has 0 saturated carbocycles. The summed E-state index contributed by atoms with van der Waals surface area (Å²) >= 11 is 11.9. The van der Waals surface area contributed by atoms with Gasteiger partial charge in [0.1, 0.15) is 11.9 Å². The summed E-state index contributed by atoms with van der Waals surface area (Å²) in [4.78, 5) is 3.92. The summed E-state index contributed by atoms with van der Waals surface area (Å²) < 4.78 is 0. The van der Waals surface area contributed by atoms with E-state index in [0.29, 0.717) is 21.2 Å². The summed E-state index contributed by atoms with van der Waals surface area (Å²) in [6.07, 6.45) is 0.625. The molecule has 2 aromatic rings. The van der Waals surface area contributed by atoms with Crippen LogP contribution in [0.2, 0.25) is 10.0 Å². The van der Waals surface area contributed by atoms with E-state index < -0.39 is 6.10 Å². The van der Waals surface area contributed by atoms with Gasteiger partial charge in [0.25, 0.3) is 0 Å². The topological polar surface area (TPSA) is 59.1 Å². The van der Waals surface area contributed by atoms with Gasteiger partial charge >= 0.3 is 0 Å². The van der Waals surface area contributed by atoms with Crippen LogP contribution in [-0.2, 0) is 0 Å². The molecular weight excluding hydrogens is 259 g/mol. The van der Waals surface area contributed by atoms with E-state index in [1.54, 1.807) is 36.5 Å². The summed E-state index contributed by atoms with van der Waals surface area (Å²) in [6.45, 7) is 0. The molecule has 1 aromatic heterocycles. The number of rotatable bonds is 2. The fourth-order valence-electron chi connectivity index (χ4n) is 1.55. The highest BCUT2D eigenvalue weighted by Crippen LogP contribution is 2.32. The molecule has 0 aliphatic rings. The van der Waals surface area contributed by atoms with Gasteiger partial charge in [-0.15, -0.1) is 0 Å². The van der Waals surface area contributed by atoms with Crippen molar-refractivity contribution in [3.63, 3.8) is 0 Å². The average molecular weight is 269 g/mol. The fraction of sp³-hybridized carbons (Fsp3) is 0.0833. The molecule has 1 aromatic carbocycles. The number of anilines is 1. The third-order valence-electron chi connectivity index (χ3n) is 2.42. The van der Waals surface area contributed by atoms with Crippen LogP contribution in [0.15, 0.2) is 36.5 Å². The minimum absolute atomic E-state index is 0.274. The predicted octanol–water partition coefficient (Wildman–Crippen LogP) is 3.05. The number of hydrogen-bond acceptors (Lipinski definition) is 3. The molecule has 0 aliphatic carbocycles. The van der Waals surface area contributed by atoms with E-state index in [1.165, 1.54) is 0 Å². The number of benzene rings is 1. The summed E-state index contributed by atoms with van der Waals surface area (Å²) in [5.41, 5.74) is 6.72. The van der Waals surface area contributed by atoms with E-state index in [-0.39, 0.29) is 5.82 Å². The van der Waals surface area contributed by atoms with Crippen molar-refractivity contribution in [1.82, 2.24) is 4.98 Å². The van der Waals surface area contributed by atoms with Gasteiger partial charge in [0.2, 0.25) is 0 Å². The molecule has 2 rings (SSSR count). The number of aromatic nitrogens is 1. The first kappa shape index (κ1) is 12.2. The second kappa shape index (κ2) is 4.92. The Morgan fingerprint density at radius 3 is 2.65 bits per heavy atom. The molecule has 0 aliphatic heterocycles. The Hall–Kier alpha value is -1.29. The van der Waals surface area contributed by atoms with Crippen LogP contribution in [0, 0.1) is 0 Å². The Labute approximate surface area is 109 Å². The van der Waals surface area contributed by atoms with Gasteiger partial charge in [-0.3, -0.25) is 0 Å². The van der Waals surface area contributed by atoms with E-state index in [1.807, 2.05) is 0 Å². The number of aliphatic hydroxyl groups excluding tert-OH is 1. The molecule has 0 saturated heterocycles. The molecule has 3 nitrogen and oxygen atoms in total. The van der Waals surface area contributed by atoms with Gasteiger partial charge in [0, 0.05) is 27.4 Å². The summed E-state index contributed by atoms with van der Waals surface area (Å²) in [5.74, 6) is 0.274. The number of hydrogen-bond donors (Lipinski definition) is 2. The molecule has 0 spiro atoms. The van der Waals surface area contributed by atoms with Crippen molar-refractivity contribution in [3.05, 3.63) is 57.7 Å². The van der Waals surface area contributed by atoms with E-state index >= 15 is 0 Å². The molecule has 1 atom stereocenters. The van der Waals surface area contributed by atoms with E-state index in [9.17, 15) is 5.11 Å². The maximum atomic E-state index is 10.2. The van der Waals surface area contributed by atoms with E-state index in [0.717, 1.165) is 0 Å². The lowest BCUT2D eigenvalue weighted by Gasteiger charge is -2.14. The molecule has 0 fully saturated rings. The number of halogens is 2. The first-order valence-corrected chi connectivity index (χ1v) is 5.68. The lowest BCUT2D eigenvalue weighted by molar-refractivity contribution is 0.221. The van der Waals surface area contributed by atoms with Crippen molar-refractivity contribution in [1.29, 1.82) is 0 Å². The zero-order valence-corrected chi connectivity index (χ0v) is 10.3. The van der Waals surface area contributed by atoms with Gasteiger partial charge in [-0.05, 0) is 24.3 Å². The highest BCUT2D eigenvalue weighted by molar-refractivity contribution is 6.33. The quantitative estimate of drug-likeness (QED) is 0.880. The summed E-state index contributed by atoms with van der Waals surface area (Å²) in [5, 5.41) is 11.2. The Morgan fingerprint density at radius 2 is 1.94 bits per heavy atom. The Balaban J connectivity index is 2.47. The van der Waals surface area contributed by atoms with Crippen LogP contribution < -0.4 is 5.73 Å². The molecule has 0 bridgehead atoms. The normalized spacial score (nSPS) is 12.4. The molecule has 1 unspecified atom stereocenters. The van der Waals surface area contributed by atoms with Gasteiger partial charge in [-0.2, -0.15) is 0 Å². The maximum absolute atomic E-state index is 10.2. The van der Waals surface area contributed by atoms with Crippen molar-refractivity contribution in [2.75, 3.05) is 5.73 Å². The van der Waals surface area contributed by atoms with Crippen LogP contribution in [0.3, 0.4) is 0 Å². The summed E-state index contributed by atoms with van der Waals surface area (Å²) in [7, 11) is 0. The number of pyridine rings is 1.